The van der Waals surface area contributed by atoms with Crippen LogP contribution >= 0.6 is 0 Å². The van der Waals surface area contributed by atoms with Crippen molar-refractivity contribution >= 4 is 5.91 Å². The van der Waals surface area contributed by atoms with E-state index in [1.54, 1.807) is 0 Å². The van der Waals surface area contributed by atoms with Crippen LogP contribution in [0.5, 0.6) is 0 Å². The molecule has 0 aliphatic carbocycles. The number of likely N-dealkylation sites (tertiary alicyclic amines) is 1. The smallest absolute Gasteiger partial charge is 0.231 e. The quantitative estimate of drug-likeness (QED) is 0.659. The third-order valence-corrected chi connectivity index (χ3v) is 2.80. The van der Waals surface area contributed by atoms with Gasteiger partial charge in [-0.25, -0.2) is 0 Å². The normalized spacial score (nSPS) is 24.5. The summed E-state index contributed by atoms with van der Waals surface area (Å²) in [5, 5.41) is 3.10. The van der Waals surface area contributed by atoms with Crippen molar-refractivity contribution in [1.29, 1.82) is 0 Å². The molecule has 14 heavy (non-hydrogen) atoms. The molecule has 1 unspecified atom stereocenters. The summed E-state index contributed by atoms with van der Waals surface area (Å²) >= 11 is 0. The van der Waals surface area contributed by atoms with Gasteiger partial charge in [-0.15, -0.1) is 0 Å². The van der Waals surface area contributed by atoms with Crippen molar-refractivity contribution < 1.29 is 4.79 Å². The Bertz CT molecular complexity index is 184. The number of hydrogen-bond acceptors (Lipinski definition) is 3. The molecule has 3 N–H and O–H groups in total. The van der Waals surface area contributed by atoms with Gasteiger partial charge < -0.3 is 16.0 Å². The van der Waals surface area contributed by atoms with E-state index >= 15 is 0 Å². The Hall–Kier alpha value is -0.610. The fraction of sp³-hybridized carbons (Fsp3) is 0.900. The van der Waals surface area contributed by atoms with Crippen LogP contribution in [-0.2, 0) is 4.79 Å². The summed E-state index contributed by atoms with van der Waals surface area (Å²) in [4.78, 5) is 12.9. The summed E-state index contributed by atoms with van der Waals surface area (Å²) in [6, 6.07) is 0. The van der Waals surface area contributed by atoms with Crippen LogP contribution in [0.3, 0.4) is 0 Å². The van der Waals surface area contributed by atoms with Gasteiger partial charge in [-0.3, -0.25) is 4.79 Å². The highest BCUT2D eigenvalue weighted by Gasteiger charge is 2.14. The van der Waals surface area contributed by atoms with Crippen molar-refractivity contribution in [2.45, 2.75) is 19.3 Å². The summed E-state index contributed by atoms with van der Waals surface area (Å²) < 4.78 is 0. The first-order valence-corrected chi connectivity index (χ1v) is 5.36. The molecule has 1 saturated heterocycles. The number of amides is 1. The lowest BCUT2D eigenvalue weighted by atomic mass is 10.0. The number of nitrogens with zero attached hydrogens (tertiary/aromatic N) is 1. The van der Waals surface area contributed by atoms with Crippen molar-refractivity contribution in [1.82, 2.24) is 10.2 Å². The second-order valence-electron chi connectivity index (χ2n) is 4.20. The summed E-state index contributed by atoms with van der Waals surface area (Å²) in [5.41, 5.74) is 5.05. The lowest BCUT2D eigenvalue weighted by molar-refractivity contribution is -0.117. The molecule has 1 heterocycles. The van der Waals surface area contributed by atoms with Crippen molar-refractivity contribution in [3.8, 4) is 0 Å². The highest BCUT2D eigenvalue weighted by atomic mass is 16.1. The molecule has 0 spiro atoms. The number of hydrogen-bond donors (Lipinski definition) is 2. The Labute approximate surface area is 85.8 Å². The summed E-state index contributed by atoms with van der Waals surface area (Å²) in [6.07, 6.45) is 3.75. The predicted molar refractivity (Wildman–Crippen MR) is 56.9 cm³/mol. The molecule has 0 radical (unpaired) electrons. The molecule has 4 heteroatoms. The van der Waals surface area contributed by atoms with Crippen LogP contribution in [0, 0.1) is 5.92 Å². The van der Waals surface area contributed by atoms with E-state index in [-0.39, 0.29) is 5.91 Å². The van der Waals surface area contributed by atoms with Crippen LogP contribution < -0.4 is 11.1 Å². The lowest BCUT2D eigenvalue weighted by Crippen LogP contribution is -2.32. The van der Waals surface area contributed by atoms with Crippen LogP contribution in [0.4, 0.5) is 0 Å². The van der Waals surface area contributed by atoms with E-state index in [0.29, 0.717) is 12.5 Å². The van der Waals surface area contributed by atoms with Crippen molar-refractivity contribution in [2.24, 2.45) is 11.7 Å². The molecule has 0 aromatic heterocycles. The minimum absolute atomic E-state index is 0.268. The van der Waals surface area contributed by atoms with Gasteiger partial charge in [0.25, 0.3) is 0 Å². The molecule has 0 bridgehead atoms. The van der Waals surface area contributed by atoms with Gasteiger partial charge in [0.15, 0.2) is 0 Å². The Balaban J connectivity index is 2.14. The maximum absolute atomic E-state index is 10.5. The van der Waals surface area contributed by atoms with E-state index in [9.17, 15) is 4.79 Å². The number of rotatable bonds is 4. The van der Waals surface area contributed by atoms with Gasteiger partial charge in [0, 0.05) is 0 Å². The van der Waals surface area contributed by atoms with Gasteiger partial charge in [0.2, 0.25) is 5.91 Å². The van der Waals surface area contributed by atoms with E-state index in [0.717, 1.165) is 6.54 Å². The maximum Gasteiger partial charge on any atom is 0.231 e. The first-order chi connectivity index (χ1) is 6.68. The zero-order valence-electron chi connectivity index (χ0n) is 8.96. The van der Waals surface area contributed by atoms with Crippen molar-refractivity contribution in [2.75, 3.05) is 33.2 Å². The average molecular weight is 199 g/mol. The molecule has 1 aliphatic heterocycles. The average Bonchev–Trinajstić information content (AvgIpc) is 2.30. The molecule has 1 amide bonds. The summed E-state index contributed by atoms with van der Waals surface area (Å²) in [5.74, 6) is 0.440. The molecule has 4 nitrogen and oxygen atoms in total. The zero-order chi connectivity index (χ0) is 10.4. The number of carbonyl (C=O) groups is 1. The standard InChI is InChI=1S/C10H21N3O/c1-13-5-2-3-9(4-6-13)7-12-8-10(11)14/h9,12H,2-8H2,1H3,(H2,11,14). The van der Waals surface area contributed by atoms with Crippen LogP contribution in [-0.4, -0.2) is 44.0 Å². The zero-order valence-corrected chi connectivity index (χ0v) is 8.96. The Morgan fingerprint density at radius 3 is 3.00 bits per heavy atom. The van der Waals surface area contributed by atoms with Crippen LogP contribution in [0.1, 0.15) is 19.3 Å². The molecule has 0 aromatic rings. The van der Waals surface area contributed by atoms with Gasteiger partial charge >= 0.3 is 0 Å². The largest absolute Gasteiger partial charge is 0.369 e. The monoisotopic (exact) mass is 199 g/mol. The maximum atomic E-state index is 10.5. The highest BCUT2D eigenvalue weighted by molar-refractivity contribution is 5.75. The van der Waals surface area contributed by atoms with Gasteiger partial charge in [-0.2, -0.15) is 0 Å². The van der Waals surface area contributed by atoms with E-state index in [2.05, 4.69) is 17.3 Å². The van der Waals surface area contributed by atoms with Crippen molar-refractivity contribution in [3.63, 3.8) is 0 Å². The number of nitrogens with two attached hydrogens (primary N) is 1. The second kappa shape index (κ2) is 5.98. The Morgan fingerprint density at radius 1 is 1.50 bits per heavy atom. The third kappa shape index (κ3) is 4.58. The van der Waals surface area contributed by atoms with Gasteiger partial charge in [0.05, 0.1) is 6.54 Å². The van der Waals surface area contributed by atoms with Crippen molar-refractivity contribution in [3.05, 3.63) is 0 Å². The van der Waals surface area contributed by atoms with E-state index in [4.69, 9.17) is 5.73 Å². The summed E-state index contributed by atoms with van der Waals surface area (Å²) in [6.45, 7) is 3.61. The van der Waals surface area contributed by atoms with Crippen LogP contribution in [0.15, 0.2) is 0 Å². The third-order valence-electron chi connectivity index (χ3n) is 2.80. The molecule has 82 valence electrons. The molecule has 1 rings (SSSR count). The van der Waals surface area contributed by atoms with E-state index < -0.39 is 0 Å². The van der Waals surface area contributed by atoms with Gasteiger partial charge in [-0.05, 0) is 51.9 Å². The number of primary amides is 1. The van der Waals surface area contributed by atoms with E-state index in [1.165, 1.54) is 32.4 Å². The lowest BCUT2D eigenvalue weighted by Gasteiger charge is -2.14. The molecular formula is C10H21N3O. The van der Waals surface area contributed by atoms with Crippen LogP contribution in [0.2, 0.25) is 0 Å². The molecule has 1 atom stereocenters. The highest BCUT2D eigenvalue weighted by Crippen LogP contribution is 2.15. The predicted octanol–water partition coefficient (Wildman–Crippen LogP) is -0.207. The Kier molecular flexibility index (Phi) is 4.90. The SMILES string of the molecule is CN1CCCC(CNCC(N)=O)CC1. The number of nitrogens with one attached hydrogen (secondary N) is 1. The molecular weight excluding hydrogens is 178 g/mol. The van der Waals surface area contributed by atoms with E-state index in [1.807, 2.05) is 0 Å². The molecule has 1 fully saturated rings. The molecule has 0 saturated carbocycles. The fourth-order valence-corrected chi connectivity index (χ4v) is 1.91. The fourth-order valence-electron chi connectivity index (χ4n) is 1.91. The molecule has 1 aliphatic rings. The Morgan fingerprint density at radius 2 is 2.29 bits per heavy atom. The molecule has 0 aromatic carbocycles. The first-order valence-electron chi connectivity index (χ1n) is 5.36. The minimum Gasteiger partial charge on any atom is -0.369 e. The second-order valence-corrected chi connectivity index (χ2v) is 4.20. The minimum atomic E-state index is -0.268. The topological polar surface area (TPSA) is 58.4 Å². The first kappa shape index (κ1) is 11.5. The van der Waals surface area contributed by atoms with Gasteiger partial charge in [0.1, 0.15) is 0 Å². The van der Waals surface area contributed by atoms with Crippen LogP contribution in [0.25, 0.3) is 0 Å². The van der Waals surface area contributed by atoms with Gasteiger partial charge in [-0.1, -0.05) is 0 Å². The summed E-state index contributed by atoms with van der Waals surface area (Å²) in [7, 11) is 2.17. The number of carbonyl (C=O) groups excluding carboxylic acids is 1.